The molecule has 0 saturated heterocycles. The second kappa shape index (κ2) is 7.93. The van der Waals surface area contributed by atoms with Gasteiger partial charge in [-0.1, -0.05) is 27.2 Å². The molecule has 0 aromatic rings. The summed E-state index contributed by atoms with van der Waals surface area (Å²) in [5.74, 6) is 2.21. The van der Waals surface area contributed by atoms with E-state index < -0.39 is 0 Å². The number of thiol groups is 1. The van der Waals surface area contributed by atoms with E-state index in [4.69, 9.17) is 4.74 Å². The van der Waals surface area contributed by atoms with Gasteiger partial charge in [0.25, 0.3) is 0 Å². The fourth-order valence-electron chi connectivity index (χ4n) is 1.10. The second-order valence-corrected chi connectivity index (χ2v) is 4.08. The largest absolute Gasteiger partial charge is 0.381 e. The Morgan fingerprint density at radius 2 is 1.75 bits per heavy atom. The lowest BCUT2D eigenvalue weighted by Crippen LogP contribution is -2.12. The summed E-state index contributed by atoms with van der Waals surface area (Å²) in [6.07, 6.45) is 2.53. The van der Waals surface area contributed by atoms with E-state index in [0.29, 0.717) is 11.8 Å². The molecule has 12 heavy (non-hydrogen) atoms. The Bertz CT molecular complexity index is 95.8. The van der Waals surface area contributed by atoms with Crippen LogP contribution in [0.25, 0.3) is 0 Å². The van der Waals surface area contributed by atoms with Gasteiger partial charge in [-0.2, -0.15) is 12.6 Å². The molecule has 2 heteroatoms. The summed E-state index contributed by atoms with van der Waals surface area (Å²) >= 11 is 4.20. The van der Waals surface area contributed by atoms with Crippen LogP contribution in [0, 0.1) is 11.8 Å². The van der Waals surface area contributed by atoms with Gasteiger partial charge >= 0.3 is 0 Å². The minimum Gasteiger partial charge on any atom is -0.381 e. The summed E-state index contributed by atoms with van der Waals surface area (Å²) in [6, 6.07) is 0. The molecule has 0 aliphatic carbocycles. The average molecular weight is 190 g/mol. The number of hydrogen-bond donors (Lipinski definition) is 1. The lowest BCUT2D eigenvalue weighted by Gasteiger charge is -2.13. The molecule has 0 heterocycles. The zero-order valence-corrected chi connectivity index (χ0v) is 9.44. The Morgan fingerprint density at radius 3 is 2.25 bits per heavy atom. The van der Waals surface area contributed by atoms with E-state index in [-0.39, 0.29) is 0 Å². The van der Waals surface area contributed by atoms with Crippen molar-refractivity contribution in [1.29, 1.82) is 0 Å². The molecule has 0 amide bonds. The molecule has 0 aliphatic rings. The van der Waals surface area contributed by atoms with Crippen molar-refractivity contribution >= 4 is 12.6 Å². The predicted octanol–water partition coefficient (Wildman–Crippen LogP) is 3.01. The van der Waals surface area contributed by atoms with Crippen LogP contribution in [0.4, 0.5) is 0 Å². The molecule has 2 atom stereocenters. The number of hydrogen-bond acceptors (Lipinski definition) is 2. The van der Waals surface area contributed by atoms with Gasteiger partial charge in [-0.25, -0.2) is 0 Å². The van der Waals surface area contributed by atoms with Gasteiger partial charge in [-0.15, -0.1) is 0 Å². The van der Waals surface area contributed by atoms with Gasteiger partial charge in [0.1, 0.15) is 0 Å². The first kappa shape index (κ1) is 12.3. The SMILES string of the molecule is CCCC(C)COCC(C)CS. The third kappa shape index (κ3) is 6.99. The van der Waals surface area contributed by atoms with Crippen LogP contribution < -0.4 is 0 Å². The molecule has 0 aromatic heterocycles. The molecule has 0 radical (unpaired) electrons. The minimum absolute atomic E-state index is 0.585. The topological polar surface area (TPSA) is 9.23 Å². The third-order valence-electron chi connectivity index (χ3n) is 1.90. The summed E-state index contributed by atoms with van der Waals surface area (Å²) < 4.78 is 5.55. The standard InChI is InChI=1S/C10H22OS/c1-4-5-9(2)6-11-7-10(3)8-12/h9-10,12H,4-8H2,1-3H3. The van der Waals surface area contributed by atoms with Crippen molar-refractivity contribution in [2.75, 3.05) is 19.0 Å². The van der Waals surface area contributed by atoms with Crippen molar-refractivity contribution in [1.82, 2.24) is 0 Å². The van der Waals surface area contributed by atoms with Crippen LogP contribution in [-0.2, 0) is 4.74 Å². The van der Waals surface area contributed by atoms with Gasteiger partial charge in [0.2, 0.25) is 0 Å². The van der Waals surface area contributed by atoms with Gasteiger partial charge < -0.3 is 4.74 Å². The molecule has 0 spiro atoms. The minimum atomic E-state index is 0.585. The summed E-state index contributed by atoms with van der Waals surface area (Å²) in [7, 11) is 0. The zero-order valence-electron chi connectivity index (χ0n) is 8.55. The second-order valence-electron chi connectivity index (χ2n) is 3.72. The first-order valence-corrected chi connectivity index (χ1v) is 5.52. The fourth-order valence-corrected chi connectivity index (χ4v) is 1.20. The van der Waals surface area contributed by atoms with E-state index in [1.54, 1.807) is 0 Å². The lowest BCUT2D eigenvalue weighted by molar-refractivity contribution is 0.0827. The van der Waals surface area contributed by atoms with Crippen LogP contribution in [0.2, 0.25) is 0 Å². The highest BCUT2D eigenvalue weighted by molar-refractivity contribution is 7.80. The third-order valence-corrected chi connectivity index (χ3v) is 2.52. The maximum atomic E-state index is 5.55. The zero-order chi connectivity index (χ0) is 9.40. The van der Waals surface area contributed by atoms with E-state index >= 15 is 0 Å². The molecule has 0 aliphatic heterocycles. The maximum Gasteiger partial charge on any atom is 0.0499 e. The van der Waals surface area contributed by atoms with Crippen LogP contribution >= 0.6 is 12.6 Å². The van der Waals surface area contributed by atoms with E-state index in [9.17, 15) is 0 Å². The molecule has 74 valence electrons. The Balaban J connectivity index is 3.18. The first-order valence-electron chi connectivity index (χ1n) is 4.89. The first-order chi connectivity index (χ1) is 5.70. The van der Waals surface area contributed by atoms with E-state index in [0.717, 1.165) is 19.0 Å². The van der Waals surface area contributed by atoms with Crippen molar-refractivity contribution in [3.63, 3.8) is 0 Å². The molecular weight excluding hydrogens is 168 g/mol. The predicted molar refractivity (Wildman–Crippen MR) is 57.9 cm³/mol. The molecule has 0 rings (SSSR count). The smallest absolute Gasteiger partial charge is 0.0499 e. The fraction of sp³-hybridized carbons (Fsp3) is 1.00. The molecule has 2 unspecified atom stereocenters. The average Bonchev–Trinajstić information content (AvgIpc) is 2.04. The molecule has 0 aromatic carbocycles. The van der Waals surface area contributed by atoms with Crippen LogP contribution in [0.15, 0.2) is 0 Å². The normalized spacial score (nSPS) is 16.0. The Kier molecular flexibility index (Phi) is 8.14. The Morgan fingerprint density at radius 1 is 1.17 bits per heavy atom. The molecule has 0 bridgehead atoms. The highest BCUT2D eigenvalue weighted by Crippen LogP contribution is 2.06. The molecule has 0 fully saturated rings. The van der Waals surface area contributed by atoms with Crippen molar-refractivity contribution in [2.45, 2.75) is 33.6 Å². The van der Waals surface area contributed by atoms with Crippen LogP contribution in [0.5, 0.6) is 0 Å². The highest BCUT2D eigenvalue weighted by Gasteiger charge is 2.02. The van der Waals surface area contributed by atoms with E-state index in [1.165, 1.54) is 12.8 Å². The lowest BCUT2D eigenvalue weighted by atomic mass is 10.1. The Labute approximate surface area is 82.3 Å². The number of rotatable bonds is 7. The van der Waals surface area contributed by atoms with Crippen molar-refractivity contribution in [3.05, 3.63) is 0 Å². The van der Waals surface area contributed by atoms with Gasteiger partial charge in [0.15, 0.2) is 0 Å². The molecular formula is C10H22OS. The summed E-state index contributed by atoms with van der Waals surface area (Å²) in [5, 5.41) is 0. The summed E-state index contributed by atoms with van der Waals surface area (Å²) in [5.41, 5.74) is 0. The van der Waals surface area contributed by atoms with Gasteiger partial charge in [-0.05, 0) is 24.0 Å². The molecule has 0 N–H and O–H groups in total. The number of ether oxygens (including phenoxy) is 1. The Hall–Kier alpha value is 0.310. The van der Waals surface area contributed by atoms with E-state index in [1.807, 2.05) is 0 Å². The van der Waals surface area contributed by atoms with Crippen molar-refractivity contribution in [3.8, 4) is 0 Å². The van der Waals surface area contributed by atoms with Crippen molar-refractivity contribution < 1.29 is 4.74 Å². The molecule has 1 nitrogen and oxygen atoms in total. The van der Waals surface area contributed by atoms with Crippen molar-refractivity contribution in [2.24, 2.45) is 11.8 Å². The van der Waals surface area contributed by atoms with Gasteiger partial charge in [0, 0.05) is 13.2 Å². The monoisotopic (exact) mass is 190 g/mol. The maximum absolute atomic E-state index is 5.55. The summed E-state index contributed by atoms with van der Waals surface area (Å²) in [6.45, 7) is 8.39. The summed E-state index contributed by atoms with van der Waals surface area (Å²) in [4.78, 5) is 0. The molecule has 0 saturated carbocycles. The van der Waals surface area contributed by atoms with Crippen LogP contribution in [0.3, 0.4) is 0 Å². The van der Waals surface area contributed by atoms with Crippen LogP contribution in [0.1, 0.15) is 33.6 Å². The van der Waals surface area contributed by atoms with Gasteiger partial charge in [0.05, 0.1) is 0 Å². The van der Waals surface area contributed by atoms with Gasteiger partial charge in [-0.3, -0.25) is 0 Å². The quantitative estimate of drug-likeness (QED) is 0.607. The highest BCUT2D eigenvalue weighted by atomic mass is 32.1. The van der Waals surface area contributed by atoms with Crippen LogP contribution in [-0.4, -0.2) is 19.0 Å². The van der Waals surface area contributed by atoms with E-state index in [2.05, 4.69) is 33.4 Å².